The number of amides is 1. The zero-order valence-corrected chi connectivity index (χ0v) is 14.9. The van der Waals surface area contributed by atoms with Gasteiger partial charge in [0.05, 0.1) is 5.56 Å². The highest BCUT2D eigenvalue weighted by Crippen LogP contribution is 2.30. The van der Waals surface area contributed by atoms with Crippen molar-refractivity contribution in [3.63, 3.8) is 0 Å². The molecule has 0 radical (unpaired) electrons. The van der Waals surface area contributed by atoms with Crippen molar-refractivity contribution in [2.45, 2.75) is 45.4 Å². The maximum atomic E-state index is 12.6. The van der Waals surface area contributed by atoms with E-state index in [0.717, 1.165) is 29.8 Å². The van der Waals surface area contributed by atoms with E-state index in [1.54, 1.807) is 6.92 Å². The number of alkyl halides is 3. The molecule has 1 amide bonds. The Bertz CT molecular complexity index is 741. The van der Waals surface area contributed by atoms with E-state index in [2.05, 4.69) is 19.2 Å². The average molecular weight is 365 g/mol. The van der Waals surface area contributed by atoms with Crippen molar-refractivity contribution in [1.82, 2.24) is 0 Å². The summed E-state index contributed by atoms with van der Waals surface area (Å²) in [6.45, 7) is 5.70. The second-order valence-electron chi connectivity index (χ2n) is 6.17. The molecule has 2 atom stereocenters. The molecule has 0 fully saturated rings. The largest absolute Gasteiger partial charge is 0.481 e. The second kappa shape index (κ2) is 8.25. The molecule has 3 nitrogen and oxygen atoms in total. The Morgan fingerprint density at radius 3 is 2.27 bits per heavy atom. The summed E-state index contributed by atoms with van der Waals surface area (Å²) in [6, 6.07) is 11.8. The van der Waals surface area contributed by atoms with Gasteiger partial charge in [-0.3, -0.25) is 4.79 Å². The predicted molar refractivity (Wildman–Crippen MR) is 95.3 cm³/mol. The Kier molecular flexibility index (Phi) is 6.29. The average Bonchev–Trinajstić information content (AvgIpc) is 2.61. The van der Waals surface area contributed by atoms with Crippen molar-refractivity contribution >= 4 is 11.6 Å². The van der Waals surface area contributed by atoms with Crippen LogP contribution in [0.3, 0.4) is 0 Å². The van der Waals surface area contributed by atoms with E-state index >= 15 is 0 Å². The van der Waals surface area contributed by atoms with Gasteiger partial charge in [0.2, 0.25) is 0 Å². The molecule has 0 aliphatic carbocycles. The van der Waals surface area contributed by atoms with Gasteiger partial charge in [-0.15, -0.1) is 0 Å². The fraction of sp³-hybridized carbons (Fsp3) is 0.350. The third kappa shape index (κ3) is 5.00. The SMILES string of the molecule is CC[C@H](C)c1ccccc1NC(=O)[C@H](C)Oc1ccc(C(F)(F)F)cc1. The predicted octanol–water partition coefficient (Wildman–Crippen LogP) is 5.62. The number of para-hydroxylation sites is 1. The lowest BCUT2D eigenvalue weighted by molar-refractivity contribution is -0.137. The summed E-state index contributed by atoms with van der Waals surface area (Å²) in [5, 5.41) is 2.84. The molecule has 0 heterocycles. The highest BCUT2D eigenvalue weighted by atomic mass is 19.4. The smallest absolute Gasteiger partial charge is 0.416 e. The minimum atomic E-state index is -4.40. The molecule has 6 heteroatoms. The first kappa shape index (κ1) is 19.8. The molecular weight excluding hydrogens is 343 g/mol. The fourth-order valence-corrected chi connectivity index (χ4v) is 2.47. The van der Waals surface area contributed by atoms with Crippen molar-refractivity contribution in [2.75, 3.05) is 5.32 Å². The van der Waals surface area contributed by atoms with Crippen molar-refractivity contribution < 1.29 is 22.7 Å². The number of rotatable bonds is 6. The molecule has 1 N–H and O–H groups in total. The molecule has 2 aromatic carbocycles. The van der Waals surface area contributed by atoms with Crippen LogP contribution >= 0.6 is 0 Å². The molecule has 0 spiro atoms. The molecular formula is C20H22F3NO2. The van der Waals surface area contributed by atoms with Crippen molar-refractivity contribution in [1.29, 1.82) is 0 Å². The quantitative estimate of drug-likeness (QED) is 0.721. The number of hydrogen-bond acceptors (Lipinski definition) is 2. The molecule has 140 valence electrons. The number of ether oxygens (including phenoxy) is 1. The van der Waals surface area contributed by atoms with E-state index in [-0.39, 0.29) is 17.6 Å². The summed E-state index contributed by atoms with van der Waals surface area (Å²) >= 11 is 0. The Hall–Kier alpha value is -2.50. The van der Waals surface area contributed by atoms with E-state index in [1.807, 2.05) is 24.3 Å². The zero-order chi connectivity index (χ0) is 19.3. The molecule has 0 aliphatic rings. The van der Waals surface area contributed by atoms with E-state index in [4.69, 9.17) is 4.74 Å². The number of carbonyl (C=O) groups is 1. The molecule has 0 saturated heterocycles. The van der Waals surface area contributed by atoms with Gasteiger partial charge in [0.1, 0.15) is 5.75 Å². The van der Waals surface area contributed by atoms with E-state index < -0.39 is 17.8 Å². The normalized spacial score (nSPS) is 13.8. The number of benzene rings is 2. The summed E-state index contributed by atoms with van der Waals surface area (Å²) in [4.78, 5) is 12.4. The third-order valence-corrected chi connectivity index (χ3v) is 4.23. The lowest BCUT2D eigenvalue weighted by Crippen LogP contribution is -2.30. The number of nitrogens with one attached hydrogen (secondary N) is 1. The van der Waals surface area contributed by atoms with Crippen LogP contribution in [-0.2, 0) is 11.0 Å². The van der Waals surface area contributed by atoms with Gasteiger partial charge in [0, 0.05) is 5.69 Å². The van der Waals surface area contributed by atoms with Crippen LogP contribution in [0.4, 0.5) is 18.9 Å². The van der Waals surface area contributed by atoms with Gasteiger partial charge in [-0.2, -0.15) is 13.2 Å². The molecule has 0 bridgehead atoms. The van der Waals surface area contributed by atoms with Crippen molar-refractivity contribution in [3.8, 4) is 5.75 Å². The van der Waals surface area contributed by atoms with E-state index in [9.17, 15) is 18.0 Å². The van der Waals surface area contributed by atoms with Gasteiger partial charge in [-0.25, -0.2) is 0 Å². The first-order valence-corrected chi connectivity index (χ1v) is 8.46. The second-order valence-corrected chi connectivity index (χ2v) is 6.17. The first-order chi connectivity index (χ1) is 12.2. The lowest BCUT2D eigenvalue weighted by Gasteiger charge is -2.19. The van der Waals surface area contributed by atoms with Crippen LogP contribution in [0.1, 0.15) is 44.2 Å². The van der Waals surface area contributed by atoms with Crippen LogP contribution in [0.5, 0.6) is 5.75 Å². The van der Waals surface area contributed by atoms with E-state index in [0.29, 0.717) is 0 Å². The highest BCUT2D eigenvalue weighted by molar-refractivity contribution is 5.94. The number of hydrogen-bond donors (Lipinski definition) is 1. The van der Waals surface area contributed by atoms with Crippen LogP contribution in [0.2, 0.25) is 0 Å². The molecule has 26 heavy (non-hydrogen) atoms. The molecule has 0 unspecified atom stereocenters. The summed E-state index contributed by atoms with van der Waals surface area (Å²) in [5.41, 5.74) is 0.990. The summed E-state index contributed by atoms with van der Waals surface area (Å²) in [5.74, 6) is 0.133. The summed E-state index contributed by atoms with van der Waals surface area (Å²) < 4.78 is 43.2. The van der Waals surface area contributed by atoms with Crippen LogP contribution in [0.25, 0.3) is 0 Å². The maximum Gasteiger partial charge on any atom is 0.416 e. The molecule has 2 aromatic rings. The molecule has 0 aromatic heterocycles. The number of carbonyl (C=O) groups excluding carboxylic acids is 1. The van der Waals surface area contributed by atoms with Gasteiger partial charge in [-0.1, -0.05) is 32.0 Å². The maximum absolute atomic E-state index is 12.6. The first-order valence-electron chi connectivity index (χ1n) is 8.46. The molecule has 0 saturated carbocycles. The van der Waals surface area contributed by atoms with Crippen LogP contribution in [-0.4, -0.2) is 12.0 Å². The minimum absolute atomic E-state index is 0.205. The summed E-state index contributed by atoms with van der Waals surface area (Å²) in [6.07, 6.45) is -4.32. The topological polar surface area (TPSA) is 38.3 Å². The lowest BCUT2D eigenvalue weighted by atomic mass is 9.97. The van der Waals surface area contributed by atoms with Gasteiger partial charge in [0.25, 0.3) is 5.91 Å². The Morgan fingerprint density at radius 2 is 1.69 bits per heavy atom. The molecule has 2 rings (SSSR count). The number of anilines is 1. The Morgan fingerprint density at radius 1 is 1.08 bits per heavy atom. The monoisotopic (exact) mass is 365 g/mol. The van der Waals surface area contributed by atoms with Gasteiger partial charge in [0.15, 0.2) is 6.10 Å². The van der Waals surface area contributed by atoms with Gasteiger partial charge >= 0.3 is 6.18 Å². The minimum Gasteiger partial charge on any atom is -0.481 e. The fourth-order valence-electron chi connectivity index (χ4n) is 2.47. The zero-order valence-electron chi connectivity index (χ0n) is 14.9. The van der Waals surface area contributed by atoms with Crippen molar-refractivity contribution in [3.05, 3.63) is 59.7 Å². The Labute approximate surface area is 151 Å². The standard InChI is InChI=1S/C20H22F3NO2/c1-4-13(2)17-7-5-6-8-18(17)24-19(25)14(3)26-16-11-9-15(10-12-16)20(21,22)23/h5-14H,4H2,1-3H3,(H,24,25)/t13-,14-/m0/s1. The number of halogens is 3. The Balaban J connectivity index is 2.04. The molecule has 0 aliphatic heterocycles. The van der Waals surface area contributed by atoms with Crippen LogP contribution in [0, 0.1) is 0 Å². The van der Waals surface area contributed by atoms with E-state index in [1.165, 1.54) is 12.1 Å². The van der Waals surface area contributed by atoms with Gasteiger partial charge < -0.3 is 10.1 Å². The van der Waals surface area contributed by atoms with Gasteiger partial charge in [-0.05, 0) is 55.2 Å². The summed E-state index contributed by atoms with van der Waals surface area (Å²) in [7, 11) is 0. The van der Waals surface area contributed by atoms with Crippen LogP contribution in [0.15, 0.2) is 48.5 Å². The highest BCUT2D eigenvalue weighted by Gasteiger charge is 2.30. The third-order valence-electron chi connectivity index (χ3n) is 4.23. The van der Waals surface area contributed by atoms with Crippen molar-refractivity contribution in [2.24, 2.45) is 0 Å². The van der Waals surface area contributed by atoms with Crippen LogP contribution < -0.4 is 10.1 Å².